The number of primary sulfonamides is 1. The summed E-state index contributed by atoms with van der Waals surface area (Å²) in [7, 11) is -3.42. The molecule has 0 bridgehead atoms. The Morgan fingerprint density at radius 3 is 2.19 bits per heavy atom. The van der Waals surface area contributed by atoms with Gasteiger partial charge < -0.3 is 4.74 Å². The average molecular weight is 249 g/mol. The van der Waals surface area contributed by atoms with Crippen LogP contribution in [0.1, 0.15) is 46.0 Å². The second kappa shape index (κ2) is 5.47. The van der Waals surface area contributed by atoms with Crippen LogP contribution in [-0.2, 0) is 14.8 Å². The standard InChI is InChI=1S/C11H23NO3S/c1-3-11(4-2,9-16(12,13)14)8-15-10-6-5-7-10/h10H,3-9H2,1-2H3,(H2,12,13,14). The Bertz CT molecular complexity index is 305. The molecule has 0 aromatic rings. The molecular weight excluding hydrogens is 226 g/mol. The summed E-state index contributed by atoms with van der Waals surface area (Å²) in [5.74, 6) is 0.0275. The van der Waals surface area contributed by atoms with Crippen LogP contribution in [0.2, 0.25) is 0 Å². The summed E-state index contributed by atoms with van der Waals surface area (Å²) in [6, 6.07) is 0. The van der Waals surface area contributed by atoms with Gasteiger partial charge in [-0.1, -0.05) is 13.8 Å². The summed E-state index contributed by atoms with van der Waals surface area (Å²) in [4.78, 5) is 0. The maximum atomic E-state index is 11.2. The minimum atomic E-state index is -3.42. The van der Waals surface area contributed by atoms with Crippen LogP contribution in [0.5, 0.6) is 0 Å². The van der Waals surface area contributed by atoms with E-state index in [1.54, 1.807) is 0 Å². The van der Waals surface area contributed by atoms with Gasteiger partial charge in [-0.3, -0.25) is 0 Å². The molecule has 0 radical (unpaired) electrons. The fourth-order valence-electron chi connectivity index (χ4n) is 1.96. The zero-order valence-electron chi connectivity index (χ0n) is 10.2. The molecule has 1 aliphatic rings. The van der Waals surface area contributed by atoms with Crippen LogP contribution in [0.15, 0.2) is 0 Å². The van der Waals surface area contributed by atoms with Gasteiger partial charge in [0.25, 0.3) is 0 Å². The van der Waals surface area contributed by atoms with Gasteiger partial charge in [0.1, 0.15) is 0 Å². The molecule has 0 spiro atoms. The first-order valence-electron chi connectivity index (χ1n) is 6.03. The Labute approximate surface area is 98.6 Å². The van der Waals surface area contributed by atoms with Crippen LogP contribution >= 0.6 is 0 Å². The van der Waals surface area contributed by atoms with Crippen molar-refractivity contribution in [2.45, 2.75) is 52.1 Å². The van der Waals surface area contributed by atoms with E-state index >= 15 is 0 Å². The van der Waals surface area contributed by atoms with Crippen LogP contribution in [0, 0.1) is 5.41 Å². The predicted octanol–water partition coefficient (Wildman–Crippen LogP) is 1.65. The highest BCUT2D eigenvalue weighted by atomic mass is 32.2. The Morgan fingerprint density at radius 2 is 1.88 bits per heavy atom. The third kappa shape index (κ3) is 4.03. The Kier molecular flexibility index (Phi) is 4.76. The van der Waals surface area contributed by atoms with E-state index in [0.29, 0.717) is 12.7 Å². The zero-order chi connectivity index (χ0) is 12.2. The molecule has 1 saturated carbocycles. The molecule has 2 N–H and O–H groups in total. The molecule has 0 amide bonds. The van der Waals surface area contributed by atoms with Gasteiger partial charge in [-0.2, -0.15) is 0 Å². The highest BCUT2D eigenvalue weighted by Gasteiger charge is 2.33. The summed E-state index contributed by atoms with van der Waals surface area (Å²) in [6.45, 7) is 4.51. The van der Waals surface area contributed by atoms with E-state index in [1.165, 1.54) is 6.42 Å². The molecule has 0 aromatic heterocycles. The van der Waals surface area contributed by atoms with Crippen LogP contribution in [0.25, 0.3) is 0 Å². The molecule has 4 nitrogen and oxygen atoms in total. The lowest BCUT2D eigenvalue weighted by Crippen LogP contribution is -2.38. The average Bonchev–Trinajstić information content (AvgIpc) is 2.11. The summed E-state index contributed by atoms with van der Waals surface area (Å²) in [6.07, 6.45) is 5.36. The number of nitrogens with two attached hydrogens (primary N) is 1. The molecular formula is C11H23NO3S. The lowest BCUT2D eigenvalue weighted by molar-refractivity contribution is -0.0413. The lowest BCUT2D eigenvalue weighted by atomic mass is 9.85. The van der Waals surface area contributed by atoms with Crippen molar-refractivity contribution in [1.29, 1.82) is 0 Å². The number of rotatable bonds is 7. The molecule has 1 fully saturated rings. The van der Waals surface area contributed by atoms with Gasteiger partial charge in [0.15, 0.2) is 0 Å². The molecule has 0 saturated heterocycles. The largest absolute Gasteiger partial charge is 0.378 e. The number of hydrogen-bond donors (Lipinski definition) is 1. The van der Waals surface area contributed by atoms with Crippen LogP contribution in [0.4, 0.5) is 0 Å². The Morgan fingerprint density at radius 1 is 1.31 bits per heavy atom. The lowest BCUT2D eigenvalue weighted by Gasteiger charge is -2.34. The monoisotopic (exact) mass is 249 g/mol. The van der Waals surface area contributed by atoms with Crippen molar-refractivity contribution < 1.29 is 13.2 Å². The Hall–Kier alpha value is -0.130. The molecule has 0 atom stereocenters. The number of sulfonamides is 1. The van der Waals surface area contributed by atoms with E-state index in [4.69, 9.17) is 9.88 Å². The van der Waals surface area contributed by atoms with E-state index in [0.717, 1.165) is 25.7 Å². The second-order valence-corrected chi connectivity index (χ2v) is 6.49. The van der Waals surface area contributed by atoms with Gasteiger partial charge in [-0.25, -0.2) is 13.6 Å². The first-order valence-corrected chi connectivity index (χ1v) is 7.74. The highest BCUT2D eigenvalue weighted by Crippen LogP contribution is 2.31. The van der Waals surface area contributed by atoms with Gasteiger partial charge in [-0.15, -0.1) is 0 Å². The van der Waals surface area contributed by atoms with Crippen molar-refractivity contribution in [1.82, 2.24) is 0 Å². The third-order valence-electron chi connectivity index (χ3n) is 3.68. The van der Waals surface area contributed by atoms with E-state index in [9.17, 15) is 8.42 Å². The van der Waals surface area contributed by atoms with Gasteiger partial charge >= 0.3 is 0 Å². The Balaban J connectivity index is 2.55. The molecule has 0 heterocycles. The van der Waals surface area contributed by atoms with Crippen molar-refractivity contribution in [3.8, 4) is 0 Å². The van der Waals surface area contributed by atoms with Crippen molar-refractivity contribution >= 4 is 10.0 Å². The molecule has 16 heavy (non-hydrogen) atoms. The van der Waals surface area contributed by atoms with Crippen molar-refractivity contribution in [2.24, 2.45) is 10.6 Å². The first kappa shape index (κ1) is 13.9. The minimum absolute atomic E-state index is 0.0275. The first-order chi connectivity index (χ1) is 7.41. The van der Waals surface area contributed by atoms with Gasteiger partial charge in [-0.05, 0) is 32.1 Å². The number of hydrogen-bond acceptors (Lipinski definition) is 3. The van der Waals surface area contributed by atoms with Crippen LogP contribution < -0.4 is 5.14 Å². The molecule has 1 rings (SSSR count). The quantitative estimate of drug-likeness (QED) is 0.746. The summed E-state index contributed by atoms with van der Waals surface area (Å²) < 4.78 is 28.2. The molecule has 5 heteroatoms. The van der Waals surface area contributed by atoms with E-state index in [2.05, 4.69) is 0 Å². The summed E-state index contributed by atoms with van der Waals surface area (Å²) in [5, 5.41) is 5.14. The van der Waals surface area contributed by atoms with Gasteiger partial charge in [0, 0.05) is 5.41 Å². The molecule has 0 aliphatic heterocycles. The van der Waals surface area contributed by atoms with E-state index < -0.39 is 10.0 Å². The molecule has 96 valence electrons. The van der Waals surface area contributed by atoms with Crippen molar-refractivity contribution in [2.75, 3.05) is 12.4 Å². The van der Waals surface area contributed by atoms with Crippen LogP contribution in [0.3, 0.4) is 0 Å². The van der Waals surface area contributed by atoms with Crippen LogP contribution in [-0.4, -0.2) is 26.9 Å². The zero-order valence-corrected chi connectivity index (χ0v) is 11.1. The predicted molar refractivity (Wildman–Crippen MR) is 64.6 cm³/mol. The normalized spacial score (nSPS) is 18.4. The second-order valence-electron chi connectivity index (χ2n) is 4.88. The van der Waals surface area contributed by atoms with Crippen molar-refractivity contribution in [3.05, 3.63) is 0 Å². The fourth-order valence-corrected chi connectivity index (χ4v) is 3.30. The minimum Gasteiger partial charge on any atom is -0.378 e. The van der Waals surface area contributed by atoms with Gasteiger partial charge in [0.05, 0.1) is 18.5 Å². The van der Waals surface area contributed by atoms with E-state index in [-0.39, 0.29) is 11.2 Å². The third-order valence-corrected chi connectivity index (χ3v) is 4.70. The smallest absolute Gasteiger partial charge is 0.209 e. The number of ether oxygens (including phenoxy) is 1. The van der Waals surface area contributed by atoms with E-state index in [1.807, 2.05) is 13.8 Å². The summed E-state index contributed by atoms with van der Waals surface area (Å²) in [5.41, 5.74) is -0.302. The topological polar surface area (TPSA) is 69.4 Å². The SMILES string of the molecule is CCC(CC)(COC1CCC1)CS(N)(=O)=O. The fraction of sp³-hybridized carbons (Fsp3) is 1.00. The van der Waals surface area contributed by atoms with Crippen molar-refractivity contribution in [3.63, 3.8) is 0 Å². The van der Waals surface area contributed by atoms with Gasteiger partial charge in [0.2, 0.25) is 10.0 Å². The molecule has 0 aromatic carbocycles. The maximum absolute atomic E-state index is 11.2. The molecule has 0 unspecified atom stereocenters. The summed E-state index contributed by atoms with van der Waals surface area (Å²) >= 11 is 0. The maximum Gasteiger partial charge on any atom is 0.209 e. The molecule has 1 aliphatic carbocycles. The highest BCUT2D eigenvalue weighted by molar-refractivity contribution is 7.89.